The van der Waals surface area contributed by atoms with Crippen LogP contribution in [0.1, 0.15) is 11.1 Å². The zero-order valence-electron chi connectivity index (χ0n) is 26.7. The lowest BCUT2D eigenvalue weighted by Gasteiger charge is -2.16. The maximum Gasteiger partial charge on any atom is 0.189 e. The van der Waals surface area contributed by atoms with E-state index >= 15 is 0 Å². The van der Waals surface area contributed by atoms with Gasteiger partial charge in [0.1, 0.15) is 0 Å². The van der Waals surface area contributed by atoms with Crippen LogP contribution in [0.5, 0.6) is 0 Å². The van der Waals surface area contributed by atoms with Gasteiger partial charge in [0.2, 0.25) is 0 Å². The van der Waals surface area contributed by atoms with Gasteiger partial charge in [-0.1, -0.05) is 78.9 Å². The average Bonchev–Trinajstić information content (AvgIpc) is 3.69. The van der Waals surface area contributed by atoms with Gasteiger partial charge < -0.3 is 9.13 Å². The predicted molar refractivity (Wildman–Crippen MR) is 202 cm³/mol. The Morgan fingerprint density at radius 1 is 0.460 bits per heavy atom. The first-order chi connectivity index (χ1) is 24.6. The second-order valence-electron chi connectivity index (χ2n) is 12.3. The summed E-state index contributed by atoms with van der Waals surface area (Å²) in [5, 5.41) is 24.1. The van der Waals surface area contributed by atoms with Crippen LogP contribution in [-0.2, 0) is 0 Å². The number of aromatic nitrogens is 2. The normalized spacial score (nSPS) is 11.1. The fraction of sp³-hybridized carbons (Fsp3) is 0. The highest BCUT2D eigenvalue weighted by Crippen LogP contribution is 2.39. The molecule has 0 aliphatic carbocycles. The van der Waals surface area contributed by atoms with Gasteiger partial charge in [-0.2, -0.15) is 10.5 Å². The van der Waals surface area contributed by atoms with E-state index in [1.807, 2.05) is 84.9 Å². The first kappa shape index (κ1) is 28.8. The van der Waals surface area contributed by atoms with Crippen molar-refractivity contribution in [2.75, 3.05) is 0 Å². The van der Waals surface area contributed by atoms with E-state index in [-0.39, 0.29) is 0 Å². The summed E-state index contributed by atoms with van der Waals surface area (Å²) in [6, 6.07) is 55.6. The van der Waals surface area contributed by atoms with Gasteiger partial charge in [0.05, 0.1) is 52.1 Å². The molecule has 0 atom stereocenters. The maximum absolute atomic E-state index is 10.2. The summed E-state index contributed by atoms with van der Waals surface area (Å²) in [5.41, 5.74) is 11.8. The van der Waals surface area contributed by atoms with Crippen molar-refractivity contribution < 1.29 is 0 Å². The summed E-state index contributed by atoms with van der Waals surface area (Å²) in [6.45, 7) is 7.67. The van der Waals surface area contributed by atoms with Crippen molar-refractivity contribution in [3.05, 3.63) is 174 Å². The lowest BCUT2D eigenvalue weighted by atomic mass is 9.95. The molecule has 7 aromatic carbocycles. The van der Waals surface area contributed by atoms with Crippen LogP contribution in [-0.4, -0.2) is 9.13 Å². The molecule has 0 spiro atoms. The Bertz CT molecular complexity index is 2960. The quantitative estimate of drug-likeness (QED) is 0.181. The molecule has 5 heteroatoms. The third kappa shape index (κ3) is 4.45. The van der Waals surface area contributed by atoms with Crippen LogP contribution < -0.4 is 0 Å². The Balaban J connectivity index is 1.19. The van der Waals surface area contributed by atoms with Crippen molar-refractivity contribution in [3.63, 3.8) is 0 Å². The van der Waals surface area contributed by atoms with E-state index < -0.39 is 0 Å². The highest BCUT2D eigenvalue weighted by atomic mass is 15.0. The van der Waals surface area contributed by atoms with Crippen molar-refractivity contribution in [3.8, 4) is 45.8 Å². The molecule has 2 heterocycles. The lowest BCUT2D eigenvalue weighted by molar-refractivity contribution is 1.18. The first-order valence-corrected chi connectivity index (χ1v) is 16.2. The minimum absolute atomic E-state index is 0.574. The Morgan fingerprint density at radius 2 is 1.10 bits per heavy atom. The molecule has 230 valence electrons. The predicted octanol–water partition coefficient (Wildman–Crippen LogP) is 11.5. The van der Waals surface area contributed by atoms with Crippen LogP contribution in [0.3, 0.4) is 0 Å². The fourth-order valence-electron chi connectivity index (χ4n) is 7.34. The summed E-state index contributed by atoms with van der Waals surface area (Å²) in [4.78, 5) is 3.72. The number of para-hydroxylation sites is 3. The molecule has 9 rings (SSSR count). The van der Waals surface area contributed by atoms with E-state index in [2.05, 4.69) is 92.8 Å². The molecule has 0 amide bonds. The molecule has 0 saturated heterocycles. The average molecular weight is 636 g/mol. The number of benzene rings is 7. The molecular formula is C45H25N5. The molecule has 5 nitrogen and oxygen atoms in total. The molecular weight excluding hydrogens is 611 g/mol. The molecule has 0 fully saturated rings. The van der Waals surface area contributed by atoms with Gasteiger partial charge in [-0.3, -0.25) is 0 Å². The zero-order chi connectivity index (χ0) is 33.8. The molecule has 0 aliphatic heterocycles. The smallest absolute Gasteiger partial charge is 0.189 e. The minimum atomic E-state index is 0.574. The molecule has 0 saturated carbocycles. The van der Waals surface area contributed by atoms with Gasteiger partial charge in [-0.05, 0) is 89.5 Å². The summed E-state index contributed by atoms with van der Waals surface area (Å²) in [6.07, 6.45) is 0. The molecule has 0 radical (unpaired) electrons. The van der Waals surface area contributed by atoms with Crippen molar-refractivity contribution in [1.82, 2.24) is 9.13 Å². The van der Waals surface area contributed by atoms with E-state index in [1.54, 1.807) is 0 Å². The van der Waals surface area contributed by atoms with Crippen LogP contribution in [0, 0.1) is 29.2 Å². The van der Waals surface area contributed by atoms with Crippen LogP contribution in [0.2, 0.25) is 0 Å². The van der Waals surface area contributed by atoms with Crippen molar-refractivity contribution in [2.45, 2.75) is 0 Å². The van der Waals surface area contributed by atoms with Crippen molar-refractivity contribution >= 4 is 49.3 Å². The van der Waals surface area contributed by atoms with E-state index in [0.29, 0.717) is 16.8 Å². The third-order valence-corrected chi connectivity index (χ3v) is 9.57. The van der Waals surface area contributed by atoms with Crippen LogP contribution >= 0.6 is 0 Å². The van der Waals surface area contributed by atoms with E-state index in [9.17, 15) is 10.5 Å². The number of hydrogen-bond acceptors (Lipinski definition) is 2. The Kier molecular flexibility index (Phi) is 6.56. The number of rotatable bonds is 4. The second-order valence-corrected chi connectivity index (χ2v) is 12.3. The van der Waals surface area contributed by atoms with Gasteiger partial charge in [-0.15, -0.1) is 0 Å². The van der Waals surface area contributed by atoms with Crippen molar-refractivity contribution in [1.29, 1.82) is 10.5 Å². The Labute approximate surface area is 288 Å². The van der Waals surface area contributed by atoms with E-state index in [4.69, 9.17) is 6.57 Å². The number of hydrogen-bond donors (Lipinski definition) is 0. The molecule has 0 aliphatic rings. The standard InChI is InChI=1S/C45H25N5/c1-48-34-17-20-39-37-9-3-7-13-43(37)50(45(39)26-34)41-11-5-2-8-36(41)33-23-30(28-47)22-32(25-33)31-15-18-35(19-16-31)49-42-12-6-4-10-38(42)40-24-29(27-46)14-21-44(40)49/h2-26H. The van der Waals surface area contributed by atoms with Crippen LogP contribution in [0.25, 0.3) is 82.1 Å². The van der Waals surface area contributed by atoms with Gasteiger partial charge >= 0.3 is 0 Å². The number of nitrogens with zero attached hydrogens (tertiary/aromatic N) is 5. The number of fused-ring (bicyclic) bond motifs is 6. The molecule has 0 unspecified atom stereocenters. The summed E-state index contributed by atoms with van der Waals surface area (Å²) in [7, 11) is 0. The van der Waals surface area contributed by atoms with E-state index in [0.717, 1.165) is 77.2 Å². The lowest BCUT2D eigenvalue weighted by Crippen LogP contribution is -1.97. The summed E-state index contributed by atoms with van der Waals surface area (Å²) < 4.78 is 4.46. The zero-order valence-corrected chi connectivity index (χ0v) is 26.7. The Morgan fingerprint density at radius 3 is 1.86 bits per heavy atom. The van der Waals surface area contributed by atoms with Gasteiger partial charge in [0.15, 0.2) is 5.69 Å². The molecule has 9 aromatic rings. The van der Waals surface area contributed by atoms with E-state index in [1.165, 1.54) is 0 Å². The van der Waals surface area contributed by atoms with Gasteiger partial charge in [-0.25, -0.2) is 4.85 Å². The third-order valence-electron chi connectivity index (χ3n) is 9.57. The minimum Gasteiger partial charge on any atom is -0.310 e. The molecule has 0 N–H and O–H groups in total. The second kappa shape index (κ2) is 11.4. The highest BCUT2D eigenvalue weighted by molar-refractivity contribution is 6.11. The van der Waals surface area contributed by atoms with Crippen LogP contribution in [0.15, 0.2) is 152 Å². The van der Waals surface area contributed by atoms with Gasteiger partial charge in [0, 0.05) is 38.3 Å². The molecule has 50 heavy (non-hydrogen) atoms. The summed E-state index contributed by atoms with van der Waals surface area (Å²) in [5.74, 6) is 0. The monoisotopic (exact) mass is 635 g/mol. The SMILES string of the molecule is [C-]#[N+]c1ccc2c3ccccc3n(-c3ccccc3-c3cc(C#N)cc(-c4ccc(-n5c6ccccc6c6cc(C#N)ccc65)cc4)c3)c2c1. The highest BCUT2D eigenvalue weighted by Gasteiger charge is 2.17. The topological polar surface area (TPSA) is 61.8 Å². The largest absolute Gasteiger partial charge is 0.310 e. The summed E-state index contributed by atoms with van der Waals surface area (Å²) >= 11 is 0. The Hall–Kier alpha value is -7.39. The maximum atomic E-state index is 10.2. The van der Waals surface area contributed by atoms with Gasteiger partial charge in [0.25, 0.3) is 0 Å². The van der Waals surface area contributed by atoms with Crippen LogP contribution in [0.4, 0.5) is 5.69 Å². The molecule has 2 aromatic heterocycles. The number of nitriles is 2. The fourth-order valence-corrected chi connectivity index (χ4v) is 7.34. The molecule has 0 bridgehead atoms. The van der Waals surface area contributed by atoms with Crippen molar-refractivity contribution in [2.24, 2.45) is 0 Å². The first-order valence-electron chi connectivity index (χ1n) is 16.2.